The topological polar surface area (TPSA) is 74.8 Å². The number of ether oxygens (including phenoxy) is 1. The summed E-state index contributed by atoms with van der Waals surface area (Å²) in [6, 6.07) is 13.5. The average molecular weight is 548 g/mol. The van der Waals surface area contributed by atoms with Gasteiger partial charge in [-0.05, 0) is 24.6 Å². The van der Waals surface area contributed by atoms with Gasteiger partial charge in [-0.1, -0.05) is 36.4 Å². The van der Waals surface area contributed by atoms with Crippen molar-refractivity contribution in [2.24, 2.45) is 4.99 Å². The predicted octanol–water partition coefficient (Wildman–Crippen LogP) is 4.38. The van der Waals surface area contributed by atoms with E-state index in [1.165, 1.54) is 18.2 Å². The molecule has 0 fully saturated rings. The van der Waals surface area contributed by atoms with Gasteiger partial charge in [0.15, 0.2) is 5.96 Å². The standard InChI is InChI=1S/C21H23F3N4O2.HI/c1-2-25-20(26-12-14-7-3-6-10-18(14)30-21(22,23)24)27-13-15-11-19(29)28-17-9-5-4-8-16(15)17;/h3-10,15H,2,11-13H2,1H3,(H,28,29)(H2,25,26,27);1H. The van der Waals surface area contributed by atoms with E-state index in [0.717, 1.165) is 11.3 Å². The van der Waals surface area contributed by atoms with Crippen LogP contribution < -0.4 is 20.7 Å². The highest BCUT2D eigenvalue weighted by atomic mass is 127. The number of nitrogens with one attached hydrogen (secondary N) is 3. The minimum atomic E-state index is -4.77. The zero-order chi connectivity index (χ0) is 21.6. The lowest BCUT2D eigenvalue weighted by Crippen LogP contribution is -2.40. The van der Waals surface area contributed by atoms with E-state index in [-0.39, 0.29) is 48.1 Å². The number of guanidine groups is 1. The second kappa shape index (κ2) is 11.2. The van der Waals surface area contributed by atoms with Crippen LogP contribution in [0.2, 0.25) is 0 Å². The third-order valence-electron chi connectivity index (χ3n) is 4.57. The van der Waals surface area contributed by atoms with Crippen LogP contribution in [0, 0.1) is 0 Å². The summed E-state index contributed by atoms with van der Waals surface area (Å²) >= 11 is 0. The molecule has 0 spiro atoms. The van der Waals surface area contributed by atoms with Crippen LogP contribution in [0.15, 0.2) is 53.5 Å². The van der Waals surface area contributed by atoms with Crippen LogP contribution in [0.1, 0.15) is 30.4 Å². The molecule has 6 nitrogen and oxygen atoms in total. The van der Waals surface area contributed by atoms with E-state index in [1.54, 1.807) is 6.07 Å². The third-order valence-corrected chi connectivity index (χ3v) is 4.57. The Labute approximate surface area is 195 Å². The molecule has 3 N–H and O–H groups in total. The van der Waals surface area contributed by atoms with Gasteiger partial charge < -0.3 is 20.7 Å². The number of fused-ring (bicyclic) bond motifs is 1. The van der Waals surface area contributed by atoms with E-state index in [0.29, 0.717) is 31.0 Å². The Kier molecular flexibility index (Phi) is 8.96. The third kappa shape index (κ3) is 7.30. The minimum Gasteiger partial charge on any atom is -0.405 e. The van der Waals surface area contributed by atoms with Crippen molar-refractivity contribution in [3.63, 3.8) is 0 Å². The molecule has 1 aliphatic heterocycles. The SMILES string of the molecule is CCNC(=NCc1ccccc1OC(F)(F)F)NCC1CC(=O)Nc2ccccc21.I. The van der Waals surface area contributed by atoms with Gasteiger partial charge in [-0.25, -0.2) is 4.99 Å². The molecule has 168 valence electrons. The fourth-order valence-corrected chi connectivity index (χ4v) is 3.27. The normalized spacial score (nSPS) is 15.9. The highest BCUT2D eigenvalue weighted by Crippen LogP contribution is 2.31. The first-order valence-electron chi connectivity index (χ1n) is 9.60. The molecule has 10 heteroatoms. The number of anilines is 1. The Morgan fingerprint density at radius 2 is 1.87 bits per heavy atom. The molecule has 0 aliphatic carbocycles. The van der Waals surface area contributed by atoms with Crippen molar-refractivity contribution >= 4 is 41.5 Å². The molecule has 0 bridgehead atoms. The van der Waals surface area contributed by atoms with E-state index in [1.807, 2.05) is 31.2 Å². The van der Waals surface area contributed by atoms with Crippen LogP contribution in [-0.4, -0.2) is 31.3 Å². The van der Waals surface area contributed by atoms with Crippen molar-refractivity contribution in [2.45, 2.75) is 32.2 Å². The summed E-state index contributed by atoms with van der Waals surface area (Å²) in [7, 11) is 0. The van der Waals surface area contributed by atoms with Gasteiger partial charge in [-0.2, -0.15) is 0 Å². The Bertz CT molecular complexity index is 921. The van der Waals surface area contributed by atoms with E-state index >= 15 is 0 Å². The monoisotopic (exact) mass is 548 g/mol. The second-order valence-electron chi connectivity index (χ2n) is 6.77. The van der Waals surface area contributed by atoms with Crippen molar-refractivity contribution < 1.29 is 22.7 Å². The Hall–Kier alpha value is -2.50. The number of amides is 1. The van der Waals surface area contributed by atoms with Crippen LogP contribution in [-0.2, 0) is 11.3 Å². The molecule has 3 rings (SSSR count). The largest absolute Gasteiger partial charge is 0.573 e. The fraction of sp³-hybridized carbons (Fsp3) is 0.333. The quantitative estimate of drug-likeness (QED) is 0.285. The molecule has 1 atom stereocenters. The van der Waals surface area contributed by atoms with E-state index in [2.05, 4.69) is 25.7 Å². The van der Waals surface area contributed by atoms with Gasteiger partial charge in [0.1, 0.15) is 5.75 Å². The zero-order valence-electron chi connectivity index (χ0n) is 16.8. The molecule has 31 heavy (non-hydrogen) atoms. The van der Waals surface area contributed by atoms with Gasteiger partial charge in [0.2, 0.25) is 5.91 Å². The van der Waals surface area contributed by atoms with E-state index in [4.69, 9.17) is 0 Å². The van der Waals surface area contributed by atoms with Crippen LogP contribution in [0.25, 0.3) is 0 Å². The van der Waals surface area contributed by atoms with Gasteiger partial charge in [-0.3, -0.25) is 4.79 Å². The number of benzene rings is 2. The molecule has 2 aromatic rings. The van der Waals surface area contributed by atoms with Gasteiger partial charge in [0, 0.05) is 36.7 Å². The maximum absolute atomic E-state index is 12.6. The molecule has 1 aliphatic rings. The summed E-state index contributed by atoms with van der Waals surface area (Å²) < 4.78 is 41.9. The number of para-hydroxylation sites is 2. The Morgan fingerprint density at radius 3 is 2.61 bits per heavy atom. The minimum absolute atomic E-state index is 0. The molecule has 0 radical (unpaired) electrons. The first-order chi connectivity index (χ1) is 14.4. The number of carbonyl (C=O) groups is 1. The lowest BCUT2D eigenvalue weighted by molar-refractivity contribution is -0.274. The fourth-order valence-electron chi connectivity index (χ4n) is 3.27. The predicted molar refractivity (Wildman–Crippen MR) is 124 cm³/mol. The lowest BCUT2D eigenvalue weighted by Gasteiger charge is -2.26. The molecule has 0 saturated carbocycles. The van der Waals surface area contributed by atoms with Crippen LogP contribution in [0.4, 0.5) is 18.9 Å². The first-order valence-corrected chi connectivity index (χ1v) is 9.60. The number of halogens is 4. The van der Waals surface area contributed by atoms with E-state index in [9.17, 15) is 18.0 Å². The number of hydrogen-bond donors (Lipinski definition) is 3. The molecule has 2 aromatic carbocycles. The average Bonchev–Trinajstić information content (AvgIpc) is 2.69. The number of carbonyl (C=O) groups excluding carboxylic acids is 1. The molecular weight excluding hydrogens is 524 g/mol. The number of aliphatic imine (C=N–C) groups is 1. The highest BCUT2D eigenvalue weighted by molar-refractivity contribution is 14.0. The molecular formula is C21H24F3IN4O2. The van der Waals surface area contributed by atoms with Crippen molar-refractivity contribution in [2.75, 3.05) is 18.4 Å². The van der Waals surface area contributed by atoms with Crippen LogP contribution in [0.3, 0.4) is 0 Å². The highest BCUT2D eigenvalue weighted by Gasteiger charge is 2.32. The summed E-state index contributed by atoms with van der Waals surface area (Å²) in [6.45, 7) is 2.93. The van der Waals surface area contributed by atoms with Crippen LogP contribution in [0.5, 0.6) is 5.75 Å². The van der Waals surface area contributed by atoms with Gasteiger partial charge in [-0.15, -0.1) is 37.1 Å². The zero-order valence-corrected chi connectivity index (χ0v) is 19.2. The molecule has 1 amide bonds. The number of hydrogen-bond acceptors (Lipinski definition) is 3. The first kappa shape index (κ1) is 24.8. The second-order valence-corrected chi connectivity index (χ2v) is 6.77. The van der Waals surface area contributed by atoms with Gasteiger partial charge in [0.25, 0.3) is 0 Å². The van der Waals surface area contributed by atoms with Gasteiger partial charge in [0.05, 0.1) is 6.54 Å². The lowest BCUT2D eigenvalue weighted by atomic mass is 9.90. The summed E-state index contributed by atoms with van der Waals surface area (Å²) in [6.07, 6.45) is -4.43. The molecule has 1 unspecified atom stereocenters. The summed E-state index contributed by atoms with van der Waals surface area (Å²) in [4.78, 5) is 16.4. The Balaban J connectivity index is 0.00000341. The summed E-state index contributed by atoms with van der Waals surface area (Å²) in [5.74, 6) is 0.0746. The number of nitrogens with zero attached hydrogens (tertiary/aromatic N) is 1. The maximum atomic E-state index is 12.6. The number of alkyl halides is 3. The molecule has 0 aromatic heterocycles. The summed E-state index contributed by atoms with van der Waals surface area (Å²) in [5.41, 5.74) is 2.14. The summed E-state index contributed by atoms with van der Waals surface area (Å²) in [5, 5.41) is 9.11. The molecule has 1 heterocycles. The van der Waals surface area contributed by atoms with Crippen molar-refractivity contribution in [3.8, 4) is 5.75 Å². The van der Waals surface area contributed by atoms with Crippen LogP contribution >= 0.6 is 24.0 Å². The maximum Gasteiger partial charge on any atom is 0.573 e. The Morgan fingerprint density at radius 1 is 1.16 bits per heavy atom. The number of rotatable bonds is 6. The van der Waals surface area contributed by atoms with E-state index < -0.39 is 6.36 Å². The van der Waals surface area contributed by atoms with Crippen molar-refractivity contribution in [1.82, 2.24) is 10.6 Å². The van der Waals surface area contributed by atoms with Gasteiger partial charge >= 0.3 is 6.36 Å². The van der Waals surface area contributed by atoms with Crippen molar-refractivity contribution in [3.05, 3.63) is 59.7 Å². The van der Waals surface area contributed by atoms with Crippen molar-refractivity contribution in [1.29, 1.82) is 0 Å². The molecule has 0 saturated heterocycles. The smallest absolute Gasteiger partial charge is 0.405 e.